The fourth-order valence-corrected chi connectivity index (χ4v) is 1.22. The van der Waals surface area contributed by atoms with Crippen molar-refractivity contribution in [1.29, 1.82) is 0 Å². The zero-order valence-electron chi connectivity index (χ0n) is 8.33. The van der Waals surface area contributed by atoms with Gasteiger partial charge in [-0.1, -0.05) is 24.8 Å². The summed E-state index contributed by atoms with van der Waals surface area (Å²) in [5.74, 6) is 0.493. The van der Waals surface area contributed by atoms with Crippen molar-refractivity contribution >= 4 is 11.7 Å². The van der Waals surface area contributed by atoms with Crippen molar-refractivity contribution in [3.05, 3.63) is 35.9 Å². The zero-order valence-corrected chi connectivity index (χ0v) is 8.33. The molecule has 3 heteroatoms. The number of primary amides is 1. The van der Waals surface area contributed by atoms with E-state index < -0.39 is 6.09 Å². The van der Waals surface area contributed by atoms with Crippen LogP contribution in [-0.2, 0) is 0 Å². The van der Waals surface area contributed by atoms with E-state index in [1.54, 1.807) is 0 Å². The van der Waals surface area contributed by atoms with Crippen LogP contribution < -0.4 is 10.5 Å². The smallest absolute Gasteiger partial charge is 0.409 e. The van der Waals surface area contributed by atoms with Crippen molar-refractivity contribution in [2.75, 3.05) is 0 Å². The first kappa shape index (κ1) is 10.3. The van der Waals surface area contributed by atoms with Gasteiger partial charge in [0.2, 0.25) is 0 Å². The first-order valence-corrected chi connectivity index (χ1v) is 4.25. The van der Waals surface area contributed by atoms with E-state index in [0.717, 1.165) is 16.7 Å². The standard InChI is InChI=1S/C11H13NO2/c1-7(2)9-6-4-5-8(3)10(9)14-11(12)13/h4-6H,1H2,2-3H3,(H2,12,13). The Hall–Kier alpha value is -1.77. The number of hydrogen-bond donors (Lipinski definition) is 1. The topological polar surface area (TPSA) is 52.3 Å². The highest BCUT2D eigenvalue weighted by Gasteiger charge is 2.09. The van der Waals surface area contributed by atoms with Crippen LogP contribution in [0, 0.1) is 6.92 Å². The maximum absolute atomic E-state index is 10.7. The Morgan fingerprint density at radius 3 is 2.64 bits per heavy atom. The van der Waals surface area contributed by atoms with Gasteiger partial charge < -0.3 is 10.5 Å². The van der Waals surface area contributed by atoms with Gasteiger partial charge in [0, 0.05) is 5.56 Å². The minimum atomic E-state index is -0.804. The largest absolute Gasteiger partial charge is 0.410 e. The Labute approximate surface area is 83.2 Å². The minimum absolute atomic E-state index is 0.493. The molecule has 0 aromatic heterocycles. The van der Waals surface area contributed by atoms with E-state index in [-0.39, 0.29) is 0 Å². The van der Waals surface area contributed by atoms with Crippen LogP contribution >= 0.6 is 0 Å². The average molecular weight is 191 g/mol. The normalized spacial score (nSPS) is 9.57. The second kappa shape index (κ2) is 3.96. The Morgan fingerprint density at radius 2 is 2.14 bits per heavy atom. The molecule has 0 spiro atoms. The van der Waals surface area contributed by atoms with Gasteiger partial charge in [-0.3, -0.25) is 0 Å². The van der Waals surface area contributed by atoms with Gasteiger partial charge in [0.15, 0.2) is 0 Å². The highest BCUT2D eigenvalue weighted by Crippen LogP contribution is 2.28. The molecule has 0 aliphatic heterocycles. The first-order valence-electron chi connectivity index (χ1n) is 4.25. The summed E-state index contributed by atoms with van der Waals surface area (Å²) in [5, 5.41) is 0. The Bertz CT molecular complexity index is 383. The maximum atomic E-state index is 10.7. The Morgan fingerprint density at radius 1 is 1.50 bits per heavy atom. The molecule has 0 heterocycles. The summed E-state index contributed by atoms with van der Waals surface area (Å²) in [5.41, 5.74) is 7.48. The van der Waals surface area contributed by atoms with Gasteiger partial charge in [0.25, 0.3) is 0 Å². The monoisotopic (exact) mass is 191 g/mol. The van der Waals surface area contributed by atoms with Crippen molar-refractivity contribution in [2.45, 2.75) is 13.8 Å². The summed E-state index contributed by atoms with van der Waals surface area (Å²) >= 11 is 0. The molecule has 0 saturated heterocycles. The predicted octanol–water partition coefficient (Wildman–Crippen LogP) is 2.49. The van der Waals surface area contributed by atoms with Crippen LogP contribution in [0.25, 0.3) is 5.57 Å². The average Bonchev–Trinajstić information content (AvgIpc) is 2.07. The van der Waals surface area contributed by atoms with Crippen LogP contribution in [0.4, 0.5) is 4.79 Å². The van der Waals surface area contributed by atoms with Crippen molar-refractivity contribution in [2.24, 2.45) is 5.73 Å². The van der Waals surface area contributed by atoms with Gasteiger partial charge in [0.1, 0.15) is 5.75 Å². The number of rotatable bonds is 2. The van der Waals surface area contributed by atoms with Gasteiger partial charge in [-0.2, -0.15) is 0 Å². The summed E-state index contributed by atoms with van der Waals surface area (Å²) in [6, 6.07) is 5.57. The van der Waals surface area contributed by atoms with Gasteiger partial charge >= 0.3 is 6.09 Å². The van der Waals surface area contributed by atoms with Gasteiger partial charge in [-0.05, 0) is 25.0 Å². The number of ether oxygens (including phenoxy) is 1. The van der Waals surface area contributed by atoms with E-state index in [4.69, 9.17) is 10.5 Å². The molecule has 0 unspecified atom stereocenters. The lowest BCUT2D eigenvalue weighted by atomic mass is 10.0. The molecule has 74 valence electrons. The number of carbonyl (C=O) groups is 1. The second-order valence-electron chi connectivity index (χ2n) is 3.15. The van der Waals surface area contributed by atoms with Crippen molar-refractivity contribution in [1.82, 2.24) is 0 Å². The van der Waals surface area contributed by atoms with Crippen LogP contribution in [0.1, 0.15) is 18.1 Å². The number of amides is 1. The number of carbonyl (C=O) groups excluding carboxylic acids is 1. The second-order valence-corrected chi connectivity index (χ2v) is 3.15. The predicted molar refractivity (Wildman–Crippen MR) is 56.1 cm³/mol. The van der Waals surface area contributed by atoms with Crippen molar-refractivity contribution in [3.8, 4) is 5.75 Å². The molecular formula is C11H13NO2. The van der Waals surface area contributed by atoms with Crippen LogP contribution in [0.2, 0.25) is 0 Å². The Kier molecular flexibility index (Phi) is 2.92. The molecule has 1 aromatic carbocycles. The fraction of sp³-hybridized carbons (Fsp3) is 0.182. The minimum Gasteiger partial charge on any atom is -0.410 e. The third kappa shape index (κ3) is 2.13. The van der Waals surface area contributed by atoms with E-state index in [1.807, 2.05) is 32.0 Å². The van der Waals surface area contributed by atoms with E-state index in [9.17, 15) is 4.79 Å². The highest BCUT2D eigenvalue weighted by molar-refractivity contribution is 5.75. The summed E-state index contributed by atoms with van der Waals surface area (Å²) in [6.07, 6.45) is -0.804. The quantitative estimate of drug-likeness (QED) is 0.780. The molecule has 0 atom stereocenters. The SMILES string of the molecule is C=C(C)c1cccc(C)c1OC(N)=O. The maximum Gasteiger partial charge on any atom is 0.409 e. The number of para-hydroxylation sites is 1. The third-order valence-corrected chi connectivity index (χ3v) is 1.87. The molecule has 0 saturated carbocycles. The van der Waals surface area contributed by atoms with Crippen LogP contribution in [0.5, 0.6) is 5.75 Å². The molecule has 0 fully saturated rings. The lowest BCUT2D eigenvalue weighted by Gasteiger charge is -2.10. The summed E-state index contributed by atoms with van der Waals surface area (Å²) < 4.78 is 4.92. The third-order valence-electron chi connectivity index (χ3n) is 1.87. The lowest BCUT2D eigenvalue weighted by Crippen LogP contribution is -2.17. The highest BCUT2D eigenvalue weighted by atomic mass is 16.5. The lowest BCUT2D eigenvalue weighted by molar-refractivity contribution is 0.210. The van der Waals surface area contributed by atoms with E-state index in [0.29, 0.717) is 5.75 Å². The molecule has 0 aliphatic carbocycles. The number of aryl methyl sites for hydroxylation is 1. The van der Waals surface area contributed by atoms with E-state index >= 15 is 0 Å². The van der Waals surface area contributed by atoms with Crippen LogP contribution in [-0.4, -0.2) is 6.09 Å². The fourth-order valence-electron chi connectivity index (χ4n) is 1.22. The number of benzene rings is 1. The molecular weight excluding hydrogens is 178 g/mol. The summed E-state index contributed by atoms with van der Waals surface area (Å²) in [7, 11) is 0. The molecule has 1 aromatic rings. The molecule has 0 bridgehead atoms. The molecule has 1 amide bonds. The molecule has 14 heavy (non-hydrogen) atoms. The van der Waals surface area contributed by atoms with Crippen LogP contribution in [0.3, 0.4) is 0 Å². The Balaban J connectivity index is 3.22. The van der Waals surface area contributed by atoms with Crippen molar-refractivity contribution < 1.29 is 9.53 Å². The van der Waals surface area contributed by atoms with E-state index in [2.05, 4.69) is 6.58 Å². The summed E-state index contributed by atoms with van der Waals surface area (Å²) in [6.45, 7) is 7.50. The molecule has 2 N–H and O–H groups in total. The number of nitrogens with two attached hydrogens (primary N) is 1. The van der Waals surface area contributed by atoms with Crippen molar-refractivity contribution in [3.63, 3.8) is 0 Å². The van der Waals surface area contributed by atoms with E-state index in [1.165, 1.54) is 0 Å². The molecule has 3 nitrogen and oxygen atoms in total. The van der Waals surface area contributed by atoms with Crippen LogP contribution in [0.15, 0.2) is 24.8 Å². The molecule has 0 aliphatic rings. The van der Waals surface area contributed by atoms with Gasteiger partial charge in [-0.15, -0.1) is 0 Å². The number of allylic oxidation sites excluding steroid dienone is 1. The summed E-state index contributed by atoms with van der Waals surface area (Å²) in [4.78, 5) is 10.7. The first-order chi connectivity index (χ1) is 6.52. The zero-order chi connectivity index (χ0) is 10.7. The molecule has 1 rings (SSSR count). The number of hydrogen-bond acceptors (Lipinski definition) is 2. The van der Waals surface area contributed by atoms with Gasteiger partial charge in [-0.25, -0.2) is 4.79 Å². The van der Waals surface area contributed by atoms with Gasteiger partial charge in [0.05, 0.1) is 0 Å². The molecule has 0 radical (unpaired) electrons.